The summed E-state index contributed by atoms with van der Waals surface area (Å²) in [5, 5.41) is 2.14. The maximum absolute atomic E-state index is 13.5. The van der Waals surface area contributed by atoms with Crippen molar-refractivity contribution in [2.45, 2.75) is 25.7 Å². The van der Waals surface area contributed by atoms with Crippen LogP contribution in [-0.4, -0.2) is 48.4 Å². The minimum absolute atomic E-state index is 0.142. The van der Waals surface area contributed by atoms with Crippen LogP contribution in [0.3, 0.4) is 0 Å². The molecule has 2 atom stereocenters. The molecule has 0 radical (unpaired) electrons. The number of likely N-dealkylation sites (tertiary alicyclic amines) is 2. The first-order valence-electron chi connectivity index (χ1n) is 12.5. The molecule has 2 aliphatic rings. The van der Waals surface area contributed by atoms with E-state index in [1.807, 2.05) is 42.5 Å². The van der Waals surface area contributed by atoms with Gasteiger partial charge in [-0.1, -0.05) is 60.7 Å². The van der Waals surface area contributed by atoms with Crippen molar-refractivity contribution >= 4 is 16.7 Å². The number of benzene rings is 3. The first kappa shape index (κ1) is 22.8. The molecule has 176 valence electrons. The second-order valence-electron chi connectivity index (χ2n) is 9.81. The highest BCUT2D eigenvalue weighted by Gasteiger charge is 2.36. The lowest BCUT2D eigenvalue weighted by Gasteiger charge is -2.34. The third-order valence-electron chi connectivity index (χ3n) is 7.66. The third kappa shape index (κ3) is 4.78. The Balaban J connectivity index is 1.24. The molecule has 0 N–H and O–H groups in total. The number of allylic oxidation sites excluding steroid dienone is 1. The average molecular weight is 457 g/mol. The molecule has 2 aliphatic heterocycles. The Morgan fingerprint density at radius 1 is 0.971 bits per heavy atom. The molecule has 0 aromatic heterocycles. The average Bonchev–Trinajstić information content (AvgIpc) is 3.26. The quantitative estimate of drug-likeness (QED) is 0.432. The van der Waals surface area contributed by atoms with Crippen LogP contribution in [0.2, 0.25) is 0 Å². The summed E-state index contributed by atoms with van der Waals surface area (Å²) in [6.45, 7) is 6.78. The monoisotopic (exact) mass is 456 g/mol. The van der Waals surface area contributed by atoms with E-state index >= 15 is 0 Å². The van der Waals surface area contributed by atoms with Crippen LogP contribution in [0.25, 0.3) is 10.8 Å². The van der Waals surface area contributed by atoms with E-state index in [9.17, 15) is 9.18 Å². The maximum atomic E-state index is 13.5. The second-order valence-corrected chi connectivity index (χ2v) is 9.81. The number of piperidine rings is 1. The fourth-order valence-electron chi connectivity index (χ4n) is 5.82. The fraction of sp³-hybridized carbons (Fsp3) is 0.367. The number of carbonyl (C=O) groups is 1. The Morgan fingerprint density at radius 2 is 1.71 bits per heavy atom. The molecule has 2 saturated heterocycles. The molecule has 0 aliphatic carbocycles. The van der Waals surface area contributed by atoms with Gasteiger partial charge in [0.2, 0.25) is 0 Å². The lowest BCUT2D eigenvalue weighted by atomic mass is 9.88. The van der Waals surface area contributed by atoms with E-state index in [-0.39, 0.29) is 11.7 Å². The highest BCUT2D eigenvalue weighted by molar-refractivity contribution is 6.07. The molecule has 2 unspecified atom stereocenters. The molecule has 2 heterocycles. The van der Waals surface area contributed by atoms with Gasteiger partial charge >= 0.3 is 0 Å². The standard InChI is InChI=1S/C30H33FN2O/c1-2-6-25-20-33(30(34)29-10-5-8-24-7-3-4-9-28(24)29)21-26(25)19-32-17-15-23(16-18-32)22-11-13-27(31)14-12-22/h2-14,23,25-26H,15-21H2,1H3. The molecular weight excluding hydrogens is 423 g/mol. The predicted octanol–water partition coefficient (Wildman–Crippen LogP) is 6.12. The highest BCUT2D eigenvalue weighted by Crippen LogP contribution is 2.32. The molecule has 4 heteroatoms. The number of carbonyl (C=O) groups excluding carboxylic acids is 1. The van der Waals surface area contributed by atoms with Crippen molar-refractivity contribution in [3.05, 3.63) is 95.8 Å². The SMILES string of the molecule is CC=CC1CN(C(=O)c2cccc3ccccc23)CC1CN1CCC(c2ccc(F)cc2)CC1. The van der Waals surface area contributed by atoms with Crippen LogP contribution < -0.4 is 0 Å². The van der Waals surface area contributed by atoms with Gasteiger partial charge in [0, 0.05) is 31.1 Å². The number of rotatable bonds is 5. The first-order chi connectivity index (χ1) is 16.6. The predicted molar refractivity (Wildman–Crippen MR) is 136 cm³/mol. The van der Waals surface area contributed by atoms with Crippen LogP contribution in [0.5, 0.6) is 0 Å². The van der Waals surface area contributed by atoms with Gasteiger partial charge in [-0.2, -0.15) is 0 Å². The number of halogens is 1. The summed E-state index contributed by atoms with van der Waals surface area (Å²) in [6, 6.07) is 21.2. The van der Waals surface area contributed by atoms with Gasteiger partial charge < -0.3 is 9.80 Å². The largest absolute Gasteiger partial charge is 0.338 e. The maximum Gasteiger partial charge on any atom is 0.254 e. The molecule has 0 saturated carbocycles. The Hall–Kier alpha value is -2.98. The lowest BCUT2D eigenvalue weighted by molar-refractivity contribution is 0.0783. The lowest BCUT2D eigenvalue weighted by Crippen LogP contribution is -2.38. The van der Waals surface area contributed by atoms with Crippen LogP contribution >= 0.6 is 0 Å². The highest BCUT2D eigenvalue weighted by atomic mass is 19.1. The van der Waals surface area contributed by atoms with E-state index in [0.717, 1.165) is 61.9 Å². The van der Waals surface area contributed by atoms with Crippen LogP contribution in [0.15, 0.2) is 78.9 Å². The van der Waals surface area contributed by atoms with Gasteiger partial charge in [-0.3, -0.25) is 4.79 Å². The van der Waals surface area contributed by atoms with E-state index in [1.54, 1.807) is 12.1 Å². The van der Waals surface area contributed by atoms with Gasteiger partial charge in [0.25, 0.3) is 5.91 Å². The summed E-state index contributed by atoms with van der Waals surface area (Å²) in [5.41, 5.74) is 2.05. The normalized spacial score (nSPS) is 22.1. The number of fused-ring (bicyclic) bond motifs is 1. The van der Waals surface area contributed by atoms with E-state index in [1.165, 1.54) is 5.56 Å². The van der Waals surface area contributed by atoms with Gasteiger partial charge in [-0.15, -0.1) is 0 Å². The minimum Gasteiger partial charge on any atom is -0.338 e. The topological polar surface area (TPSA) is 23.6 Å². The van der Waals surface area contributed by atoms with Gasteiger partial charge in [0.1, 0.15) is 5.82 Å². The van der Waals surface area contributed by atoms with Gasteiger partial charge in [-0.05, 0) is 79.2 Å². The summed E-state index contributed by atoms with van der Waals surface area (Å²) < 4.78 is 13.3. The Morgan fingerprint density at radius 3 is 2.47 bits per heavy atom. The first-order valence-corrected chi connectivity index (χ1v) is 12.5. The van der Waals surface area contributed by atoms with Crippen molar-refractivity contribution in [1.82, 2.24) is 9.80 Å². The number of hydrogen-bond acceptors (Lipinski definition) is 2. The zero-order chi connectivity index (χ0) is 23.5. The van der Waals surface area contributed by atoms with Crippen LogP contribution in [0.4, 0.5) is 4.39 Å². The van der Waals surface area contributed by atoms with Crippen LogP contribution in [0, 0.1) is 17.7 Å². The van der Waals surface area contributed by atoms with Gasteiger partial charge in [-0.25, -0.2) is 4.39 Å². The Bertz CT molecular complexity index is 1160. The third-order valence-corrected chi connectivity index (χ3v) is 7.66. The van der Waals surface area contributed by atoms with E-state index in [0.29, 0.717) is 17.8 Å². The van der Waals surface area contributed by atoms with E-state index in [2.05, 4.69) is 41.0 Å². The Labute approximate surface area is 201 Å². The van der Waals surface area contributed by atoms with Crippen molar-refractivity contribution in [1.29, 1.82) is 0 Å². The Kier molecular flexibility index (Phi) is 6.77. The molecule has 5 rings (SSSR count). The fourth-order valence-corrected chi connectivity index (χ4v) is 5.82. The molecule has 3 nitrogen and oxygen atoms in total. The molecular formula is C30H33FN2O. The van der Waals surface area contributed by atoms with Crippen LogP contribution in [-0.2, 0) is 0 Å². The van der Waals surface area contributed by atoms with Crippen molar-refractivity contribution in [2.75, 3.05) is 32.7 Å². The molecule has 0 bridgehead atoms. The van der Waals surface area contributed by atoms with Crippen molar-refractivity contribution < 1.29 is 9.18 Å². The van der Waals surface area contributed by atoms with Crippen molar-refractivity contribution in [2.24, 2.45) is 11.8 Å². The summed E-state index contributed by atoms with van der Waals surface area (Å²) in [5.74, 6) is 1.32. The zero-order valence-electron chi connectivity index (χ0n) is 19.9. The summed E-state index contributed by atoms with van der Waals surface area (Å²) in [4.78, 5) is 18.2. The second kappa shape index (κ2) is 10.1. The van der Waals surface area contributed by atoms with Crippen molar-refractivity contribution in [3.63, 3.8) is 0 Å². The van der Waals surface area contributed by atoms with Crippen LogP contribution in [0.1, 0.15) is 41.6 Å². The van der Waals surface area contributed by atoms with Gasteiger partial charge in [0.15, 0.2) is 0 Å². The van der Waals surface area contributed by atoms with Gasteiger partial charge in [0.05, 0.1) is 0 Å². The van der Waals surface area contributed by atoms with Crippen molar-refractivity contribution in [3.8, 4) is 0 Å². The molecule has 3 aromatic rings. The summed E-state index contributed by atoms with van der Waals surface area (Å²) in [6.07, 6.45) is 6.62. The number of amides is 1. The summed E-state index contributed by atoms with van der Waals surface area (Å²) in [7, 11) is 0. The van der Waals surface area contributed by atoms with E-state index in [4.69, 9.17) is 0 Å². The molecule has 1 amide bonds. The summed E-state index contributed by atoms with van der Waals surface area (Å²) >= 11 is 0. The molecule has 0 spiro atoms. The zero-order valence-corrected chi connectivity index (χ0v) is 19.9. The van der Waals surface area contributed by atoms with E-state index < -0.39 is 0 Å². The minimum atomic E-state index is -0.167. The smallest absolute Gasteiger partial charge is 0.254 e. The molecule has 34 heavy (non-hydrogen) atoms. The number of hydrogen-bond donors (Lipinski definition) is 0. The molecule has 2 fully saturated rings. The molecule has 3 aromatic carbocycles. The number of nitrogens with zero attached hydrogens (tertiary/aromatic N) is 2.